The molecule has 2 amide bonds. The molecule has 0 spiro atoms. The molecule has 140 valence electrons. The van der Waals surface area contributed by atoms with Crippen LogP contribution in [0, 0.1) is 5.82 Å². The fourth-order valence-corrected chi connectivity index (χ4v) is 2.93. The van der Waals surface area contributed by atoms with Gasteiger partial charge < -0.3 is 10.6 Å². The van der Waals surface area contributed by atoms with Crippen molar-refractivity contribution in [1.82, 2.24) is 15.5 Å². The molecular formula is C20H21FN4O2. The van der Waals surface area contributed by atoms with Crippen molar-refractivity contribution in [3.05, 3.63) is 71.0 Å². The van der Waals surface area contributed by atoms with Crippen molar-refractivity contribution in [3.8, 4) is 0 Å². The van der Waals surface area contributed by atoms with Gasteiger partial charge in [0.15, 0.2) is 5.96 Å². The van der Waals surface area contributed by atoms with Crippen molar-refractivity contribution >= 4 is 17.8 Å². The Hall–Kier alpha value is -3.22. The summed E-state index contributed by atoms with van der Waals surface area (Å²) in [5, 5.41) is 6.25. The van der Waals surface area contributed by atoms with Gasteiger partial charge in [-0.25, -0.2) is 4.39 Å². The summed E-state index contributed by atoms with van der Waals surface area (Å²) in [6.45, 7) is 1.27. The molecule has 7 heteroatoms. The van der Waals surface area contributed by atoms with E-state index in [1.807, 2.05) is 0 Å². The van der Waals surface area contributed by atoms with Gasteiger partial charge in [0, 0.05) is 26.7 Å². The molecule has 3 rings (SSSR count). The Morgan fingerprint density at radius 3 is 2.15 bits per heavy atom. The van der Waals surface area contributed by atoms with Gasteiger partial charge >= 0.3 is 0 Å². The number of halogens is 1. The second-order valence-electron chi connectivity index (χ2n) is 6.11. The Kier molecular flexibility index (Phi) is 5.80. The normalized spacial score (nSPS) is 13.7. The number of rotatable bonds is 6. The van der Waals surface area contributed by atoms with E-state index in [0.29, 0.717) is 30.2 Å². The average molecular weight is 368 g/mol. The number of amides is 2. The maximum atomic E-state index is 12.9. The standard InChI is InChI=1S/C20H21FN4O2/c1-22-20(23-11-10-14-6-8-15(21)9-7-14)24-12-13-25-18(26)16-4-2-3-5-17(16)19(25)27/h2-9H,10-13H2,1H3,(H2,22,23,24). The van der Waals surface area contributed by atoms with Crippen LogP contribution in [-0.4, -0.2) is 49.4 Å². The van der Waals surface area contributed by atoms with E-state index in [9.17, 15) is 14.0 Å². The molecule has 2 aromatic carbocycles. The van der Waals surface area contributed by atoms with Crippen molar-refractivity contribution in [2.75, 3.05) is 26.7 Å². The summed E-state index contributed by atoms with van der Waals surface area (Å²) >= 11 is 0. The highest BCUT2D eigenvalue weighted by Crippen LogP contribution is 2.21. The van der Waals surface area contributed by atoms with Crippen molar-refractivity contribution in [2.45, 2.75) is 6.42 Å². The Bertz CT molecular complexity index is 830. The molecule has 1 aliphatic rings. The molecule has 0 aliphatic carbocycles. The molecule has 0 unspecified atom stereocenters. The number of carbonyl (C=O) groups excluding carboxylic acids is 2. The van der Waals surface area contributed by atoms with E-state index in [2.05, 4.69) is 15.6 Å². The lowest BCUT2D eigenvalue weighted by atomic mass is 10.1. The molecular weight excluding hydrogens is 347 g/mol. The van der Waals surface area contributed by atoms with Gasteiger partial charge in [-0.05, 0) is 36.2 Å². The van der Waals surface area contributed by atoms with Crippen molar-refractivity contribution in [1.29, 1.82) is 0 Å². The number of imide groups is 1. The van der Waals surface area contributed by atoms with Crippen molar-refractivity contribution in [3.63, 3.8) is 0 Å². The van der Waals surface area contributed by atoms with Crippen LogP contribution in [0.15, 0.2) is 53.5 Å². The molecule has 0 fully saturated rings. The Morgan fingerprint density at radius 2 is 1.56 bits per heavy atom. The molecule has 0 atom stereocenters. The molecule has 0 aromatic heterocycles. The minimum atomic E-state index is -0.267. The monoisotopic (exact) mass is 368 g/mol. The predicted molar refractivity (Wildman–Crippen MR) is 101 cm³/mol. The molecule has 0 saturated carbocycles. The van der Waals surface area contributed by atoms with Crippen LogP contribution in [0.5, 0.6) is 0 Å². The minimum absolute atomic E-state index is 0.252. The van der Waals surface area contributed by atoms with Gasteiger partial charge in [0.05, 0.1) is 11.1 Å². The fourth-order valence-electron chi connectivity index (χ4n) is 2.93. The van der Waals surface area contributed by atoms with Crippen LogP contribution in [-0.2, 0) is 6.42 Å². The second kappa shape index (κ2) is 8.44. The molecule has 2 N–H and O–H groups in total. The molecule has 0 radical (unpaired) electrons. The summed E-state index contributed by atoms with van der Waals surface area (Å²) in [5.74, 6) is -0.209. The smallest absolute Gasteiger partial charge is 0.261 e. The molecule has 1 heterocycles. The topological polar surface area (TPSA) is 73.8 Å². The van der Waals surface area contributed by atoms with Gasteiger partial charge in [-0.1, -0.05) is 24.3 Å². The average Bonchev–Trinajstić information content (AvgIpc) is 2.93. The number of benzene rings is 2. The maximum absolute atomic E-state index is 12.9. The van der Waals surface area contributed by atoms with E-state index in [1.54, 1.807) is 43.4 Å². The number of aliphatic imine (C=N–C) groups is 1. The number of fused-ring (bicyclic) bond motifs is 1. The van der Waals surface area contributed by atoms with E-state index in [4.69, 9.17) is 0 Å². The molecule has 1 aliphatic heterocycles. The van der Waals surface area contributed by atoms with E-state index in [1.165, 1.54) is 17.0 Å². The van der Waals surface area contributed by atoms with Gasteiger partial charge in [0.1, 0.15) is 5.82 Å². The number of nitrogens with zero attached hydrogens (tertiary/aromatic N) is 2. The van der Waals surface area contributed by atoms with Gasteiger partial charge in [-0.3, -0.25) is 19.5 Å². The van der Waals surface area contributed by atoms with Crippen LogP contribution in [0.1, 0.15) is 26.3 Å². The zero-order chi connectivity index (χ0) is 19.2. The van der Waals surface area contributed by atoms with E-state index in [0.717, 1.165) is 12.0 Å². The van der Waals surface area contributed by atoms with E-state index >= 15 is 0 Å². The maximum Gasteiger partial charge on any atom is 0.261 e. The predicted octanol–water partition coefficient (Wildman–Crippen LogP) is 1.83. The summed E-state index contributed by atoms with van der Waals surface area (Å²) in [6, 6.07) is 13.2. The van der Waals surface area contributed by atoms with Crippen LogP contribution in [0.3, 0.4) is 0 Å². The summed E-state index contributed by atoms with van der Waals surface area (Å²) in [7, 11) is 1.65. The minimum Gasteiger partial charge on any atom is -0.356 e. The zero-order valence-electron chi connectivity index (χ0n) is 15.0. The van der Waals surface area contributed by atoms with Gasteiger partial charge in [0.25, 0.3) is 11.8 Å². The van der Waals surface area contributed by atoms with E-state index in [-0.39, 0.29) is 24.2 Å². The first kappa shape index (κ1) is 18.6. The highest BCUT2D eigenvalue weighted by atomic mass is 19.1. The lowest BCUT2D eigenvalue weighted by Crippen LogP contribution is -2.43. The van der Waals surface area contributed by atoms with Crippen LogP contribution in [0.25, 0.3) is 0 Å². The summed E-state index contributed by atoms with van der Waals surface area (Å²) < 4.78 is 12.9. The van der Waals surface area contributed by atoms with Crippen LogP contribution < -0.4 is 10.6 Å². The fraction of sp³-hybridized carbons (Fsp3) is 0.250. The molecule has 2 aromatic rings. The summed E-state index contributed by atoms with van der Waals surface area (Å²) in [5.41, 5.74) is 1.92. The van der Waals surface area contributed by atoms with Crippen molar-refractivity contribution < 1.29 is 14.0 Å². The summed E-state index contributed by atoms with van der Waals surface area (Å²) in [6.07, 6.45) is 0.722. The number of carbonyl (C=O) groups is 2. The zero-order valence-corrected chi connectivity index (χ0v) is 15.0. The molecule has 6 nitrogen and oxygen atoms in total. The number of guanidine groups is 1. The second-order valence-corrected chi connectivity index (χ2v) is 6.11. The Labute approximate surface area is 157 Å². The highest BCUT2D eigenvalue weighted by Gasteiger charge is 2.34. The Morgan fingerprint density at radius 1 is 0.963 bits per heavy atom. The highest BCUT2D eigenvalue weighted by molar-refractivity contribution is 6.21. The van der Waals surface area contributed by atoms with E-state index < -0.39 is 0 Å². The molecule has 0 bridgehead atoms. The molecule has 27 heavy (non-hydrogen) atoms. The van der Waals surface area contributed by atoms with Crippen LogP contribution in [0.4, 0.5) is 4.39 Å². The first-order chi connectivity index (χ1) is 13.1. The molecule has 0 saturated heterocycles. The lowest BCUT2D eigenvalue weighted by Gasteiger charge is -2.16. The SMILES string of the molecule is CN=C(NCCc1ccc(F)cc1)NCCN1C(=O)c2ccccc2C1=O. The quantitative estimate of drug-likeness (QED) is 0.464. The number of hydrogen-bond acceptors (Lipinski definition) is 3. The number of hydrogen-bond donors (Lipinski definition) is 2. The largest absolute Gasteiger partial charge is 0.356 e. The van der Waals surface area contributed by atoms with Crippen LogP contribution >= 0.6 is 0 Å². The third kappa shape index (κ3) is 4.31. The summed E-state index contributed by atoms with van der Waals surface area (Å²) in [4.78, 5) is 30.0. The first-order valence-electron chi connectivity index (χ1n) is 8.74. The van der Waals surface area contributed by atoms with Gasteiger partial charge in [-0.2, -0.15) is 0 Å². The first-order valence-corrected chi connectivity index (χ1v) is 8.74. The number of nitrogens with one attached hydrogen (secondary N) is 2. The lowest BCUT2D eigenvalue weighted by molar-refractivity contribution is 0.0657. The third-order valence-corrected chi connectivity index (χ3v) is 4.35. The van der Waals surface area contributed by atoms with Crippen molar-refractivity contribution in [2.24, 2.45) is 4.99 Å². The van der Waals surface area contributed by atoms with Crippen LogP contribution in [0.2, 0.25) is 0 Å². The van der Waals surface area contributed by atoms with Gasteiger partial charge in [-0.15, -0.1) is 0 Å². The Balaban J connectivity index is 1.44. The third-order valence-electron chi connectivity index (χ3n) is 4.35. The van der Waals surface area contributed by atoms with Gasteiger partial charge in [0.2, 0.25) is 0 Å².